The molecule has 0 fully saturated rings. The van der Waals surface area contributed by atoms with Gasteiger partial charge in [0, 0.05) is 5.92 Å². The Morgan fingerprint density at radius 3 is 2.67 bits per heavy atom. The maximum Gasteiger partial charge on any atom is 0.0542 e. The van der Waals surface area contributed by atoms with E-state index in [2.05, 4.69) is 43.5 Å². The zero-order valence-corrected chi connectivity index (χ0v) is 9.83. The van der Waals surface area contributed by atoms with Crippen LogP contribution in [0.15, 0.2) is 43.0 Å². The van der Waals surface area contributed by atoms with Crippen molar-refractivity contribution < 1.29 is 4.74 Å². The number of rotatable bonds is 7. The van der Waals surface area contributed by atoms with Crippen LogP contribution in [0, 0.1) is 0 Å². The van der Waals surface area contributed by atoms with Gasteiger partial charge in [0.05, 0.1) is 13.2 Å². The first-order valence-corrected chi connectivity index (χ1v) is 5.86. The molecule has 0 radical (unpaired) electrons. The maximum atomic E-state index is 5.56. The van der Waals surface area contributed by atoms with Gasteiger partial charge in [0.1, 0.15) is 0 Å². The summed E-state index contributed by atoms with van der Waals surface area (Å²) < 4.78 is 5.56. The molecule has 0 heterocycles. The third-order valence-electron chi connectivity index (χ3n) is 2.28. The van der Waals surface area contributed by atoms with Gasteiger partial charge in [-0.15, -0.1) is 6.58 Å². The molecule has 1 aromatic rings. The van der Waals surface area contributed by atoms with E-state index in [4.69, 9.17) is 4.74 Å². The number of ether oxygens (including phenoxy) is 1. The Kier molecular flexibility index (Phi) is 6.21. The van der Waals surface area contributed by atoms with E-state index >= 15 is 0 Å². The first-order valence-electron chi connectivity index (χ1n) is 5.23. The van der Waals surface area contributed by atoms with Crippen molar-refractivity contribution in [2.24, 2.45) is 0 Å². The summed E-state index contributed by atoms with van der Waals surface area (Å²) in [5, 5.41) is 0. The highest BCUT2D eigenvalue weighted by Gasteiger charge is 2.08. The number of thiol groups is 1. The number of benzene rings is 1. The van der Waals surface area contributed by atoms with Crippen LogP contribution < -0.4 is 0 Å². The van der Waals surface area contributed by atoms with E-state index in [1.165, 1.54) is 5.56 Å². The monoisotopic (exact) mass is 222 g/mol. The molecule has 0 bridgehead atoms. The number of hydrogen-bond acceptors (Lipinski definition) is 2. The minimum Gasteiger partial charge on any atom is -0.380 e. The lowest BCUT2D eigenvalue weighted by Gasteiger charge is -2.14. The van der Waals surface area contributed by atoms with Gasteiger partial charge >= 0.3 is 0 Å². The van der Waals surface area contributed by atoms with Gasteiger partial charge in [-0.1, -0.05) is 36.4 Å². The topological polar surface area (TPSA) is 9.23 Å². The molecule has 0 aromatic heterocycles. The fourth-order valence-corrected chi connectivity index (χ4v) is 1.69. The van der Waals surface area contributed by atoms with E-state index in [1.807, 2.05) is 12.1 Å². The molecule has 1 aromatic carbocycles. The molecule has 0 aliphatic carbocycles. The second kappa shape index (κ2) is 7.55. The Labute approximate surface area is 97.6 Å². The molecular formula is C13H18OS. The molecule has 0 spiro atoms. The first kappa shape index (κ1) is 12.3. The van der Waals surface area contributed by atoms with Gasteiger partial charge in [0.25, 0.3) is 0 Å². The van der Waals surface area contributed by atoms with E-state index in [9.17, 15) is 0 Å². The molecule has 1 rings (SSSR count). The summed E-state index contributed by atoms with van der Waals surface area (Å²) >= 11 is 4.35. The summed E-state index contributed by atoms with van der Waals surface area (Å²) in [6.07, 6.45) is 2.78. The zero-order valence-electron chi connectivity index (χ0n) is 8.93. The SMILES string of the molecule is C=CCCOCC(CS)c1ccccc1. The Morgan fingerprint density at radius 2 is 2.07 bits per heavy atom. The van der Waals surface area contributed by atoms with Crippen molar-refractivity contribution in [3.63, 3.8) is 0 Å². The third-order valence-corrected chi connectivity index (χ3v) is 2.72. The van der Waals surface area contributed by atoms with Gasteiger partial charge in [0.15, 0.2) is 0 Å². The molecule has 82 valence electrons. The van der Waals surface area contributed by atoms with Crippen molar-refractivity contribution >= 4 is 12.6 Å². The highest BCUT2D eigenvalue weighted by Crippen LogP contribution is 2.17. The summed E-state index contributed by atoms with van der Waals surface area (Å²) in [6.45, 7) is 5.15. The Balaban J connectivity index is 2.39. The summed E-state index contributed by atoms with van der Waals surface area (Å²) in [6, 6.07) is 10.4. The van der Waals surface area contributed by atoms with Crippen molar-refractivity contribution in [2.75, 3.05) is 19.0 Å². The maximum absolute atomic E-state index is 5.56. The van der Waals surface area contributed by atoms with Gasteiger partial charge in [-0.3, -0.25) is 0 Å². The van der Waals surface area contributed by atoms with E-state index < -0.39 is 0 Å². The second-order valence-corrected chi connectivity index (χ2v) is 3.81. The Bertz CT molecular complexity index is 271. The smallest absolute Gasteiger partial charge is 0.0542 e. The first-order chi connectivity index (χ1) is 7.38. The molecule has 0 aliphatic heterocycles. The lowest BCUT2D eigenvalue weighted by atomic mass is 10.0. The van der Waals surface area contributed by atoms with Crippen LogP contribution in [0.25, 0.3) is 0 Å². The molecule has 0 aliphatic rings. The van der Waals surface area contributed by atoms with Crippen molar-refractivity contribution in [1.29, 1.82) is 0 Å². The lowest BCUT2D eigenvalue weighted by molar-refractivity contribution is 0.129. The predicted molar refractivity (Wildman–Crippen MR) is 68.7 cm³/mol. The predicted octanol–water partition coefficient (Wildman–Crippen LogP) is 3.29. The fourth-order valence-electron chi connectivity index (χ4n) is 1.37. The van der Waals surface area contributed by atoms with Crippen LogP contribution in [0.1, 0.15) is 17.9 Å². The van der Waals surface area contributed by atoms with Gasteiger partial charge < -0.3 is 4.74 Å². The highest BCUT2D eigenvalue weighted by molar-refractivity contribution is 7.80. The van der Waals surface area contributed by atoms with Gasteiger partial charge in [-0.25, -0.2) is 0 Å². The van der Waals surface area contributed by atoms with Crippen LogP contribution in [-0.2, 0) is 4.74 Å². The standard InChI is InChI=1S/C13H18OS/c1-2-3-9-14-10-13(11-15)12-7-5-4-6-8-12/h2,4-8,13,15H,1,3,9-11H2. The molecular weight excluding hydrogens is 204 g/mol. The van der Waals surface area contributed by atoms with Crippen LogP contribution in [0.5, 0.6) is 0 Å². The molecule has 2 heteroatoms. The van der Waals surface area contributed by atoms with Crippen LogP contribution >= 0.6 is 12.6 Å². The molecule has 0 saturated carbocycles. The largest absolute Gasteiger partial charge is 0.380 e. The quantitative estimate of drug-likeness (QED) is 0.423. The summed E-state index contributed by atoms with van der Waals surface area (Å²) in [5.74, 6) is 1.21. The zero-order chi connectivity index (χ0) is 10.9. The van der Waals surface area contributed by atoms with Crippen molar-refractivity contribution in [3.05, 3.63) is 48.6 Å². The van der Waals surface area contributed by atoms with Gasteiger partial charge in [-0.2, -0.15) is 12.6 Å². The molecule has 1 atom stereocenters. The minimum absolute atomic E-state index is 0.388. The molecule has 0 N–H and O–H groups in total. The molecule has 1 nitrogen and oxygen atoms in total. The summed E-state index contributed by atoms with van der Waals surface area (Å²) in [7, 11) is 0. The van der Waals surface area contributed by atoms with Crippen LogP contribution in [0.2, 0.25) is 0 Å². The lowest BCUT2D eigenvalue weighted by Crippen LogP contribution is -2.10. The van der Waals surface area contributed by atoms with Crippen LogP contribution in [0.3, 0.4) is 0 Å². The summed E-state index contributed by atoms with van der Waals surface area (Å²) in [5.41, 5.74) is 1.30. The van der Waals surface area contributed by atoms with Crippen LogP contribution in [-0.4, -0.2) is 19.0 Å². The normalized spacial score (nSPS) is 12.3. The molecule has 1 unspecified atom stereocenters. The molecule has 0 amide bonds. The Hall–Kier alpha value is -0.730. The van der Waals surface area contributed by atoms with Crippen molar-refractivity contribution in [2.45, 2.75) is 12.3 Å². The fraction of sp³-hybridized carbons (Fsp3) is 0.385. The number of hydrogen-bond donors (Lipinski definition) is 1. The molecule has 15 heavy (non-hydrogen) atoms. The van der Waals surface area contributed by atoms with E-state index in [-0.39, 0.29) is 0 Å². The van der Waals surface area contributed by atoms with Crippen molar-refractivity contribution in [1.82, 2.24) is 0 Å². The minimum atomic E-state index is 0.388. The Morgan fingerprint density at radius 1 is 1.33 bits per heavy atom. The summed E-state index contributed by atoms with van der Waals surface area (Å²) in [4.78, 5) is 0. The average molecular weight is 222 g/mol. The van der Waals surface area contributed by atoms with Gasteiger partial charge in [0.2, 0.25) is 0 Å². The highest BCUT2D eigenvalue weighted by atomic mass is 32.1. The van der Waals surface area contributed by atoms with E-state index in [0.29, 0.717) is 5.92 Å². The van der Waals surface area contributed by atoms with E-state index in [0.717, 1.165) is 25.4 Å². The van der Waals surface area contributed by atoms with E-state index in [1.54, 1.807) is 0 Å². The third kappa shape index (κ3) is 4.54. The average Bonchev–Trinajstić information content (AvgIpc) is 2.30. The van der Waals surface area contributed by atoms with Crippen LogP contribution in [0.4, 0.5) is 0 Å². The van der Waals surface area contributed by atoms with Crippen molar-refractivity contribution in [3.8, 4) is 0 Å². The second-order valence-electron chi connectivity index (χ2n) is 3.44. The van der Waals surface area contributed by atoms with Gasteiger partial charge in [-0.05, 0) is 17.7 Å². The molecule has 0 saturated heterocycles.